The monoisotopic (exact) mass is 384 g/mol. The van der Waals surface area contributed by atoms with Crippen LogP contribution in [-0.2, 0) is 6.42 Å². The molecule has 0 bridgehead atoms. The Kier molecular flexibility index (Phi) is 5.52. The summed E-state index contributed by atoms with van der Waals surface area (Å²) in [4.78, 5) is 30.8. The molecule has 3 aromatic rings. The van der Waals surface area contributed by atoms with E-state index in [-0.39, 0.29) is 5.78 Å². The Balaban J connectivity index is 1.65. The lowest BCUT2D eigenvalue weighted by Crippen LogP contribution is -2.27. The van der Waals surface area contributed by atoms with Crippen LogP contribution in [0, 0.1) is 0 Å². The first-order chi connectivity index (χ1) is 14.3. The summed E-state index contributed by atoms with van der Waals surface area (Å²) in [5.74, 6) is 0.868. The SMILES string of the molecule is COc1ccccc1C(=O)C1N=C(c2ccncn2)N=C1CCc1ccccc1. The van der Waals surface area contributed by atoms with Crippen LogP contribution in [0.2, 0.25) is 0 Å². The molecular formula is C23H20N4O2. The van der Waals surface area contributed by atoms with E-state index in [1.54, 1.807) is 31.5 Å². The maximum Gasteiger partial charge on any atom is 0.196 e. The van der Waals surface area contributed by atoms with Crippen LogP contribution in [0.3, 0.4) is 0 Å². The predicted octanol–water partition coefficient (Wildman–Crippen LogP) is 3.57. The van der Waals surface area contributed by atoms with Crippen molar-refractivity contribution in [2.45, 2.75) is 18.9 Å². The van der Waals surface area contributed by atoms with Gasteiger partial charge in [-0.15, -0.1) is 0 Å². The summed E-state index contributed by atoms with van der Waals surface area (Å²) >= 11 is 0. The van der Waals surface area contributed by atoms with Gasteiger partial charge in [-0.05, 0) is 36.6 Å². The van der Waals surface area contributed by atoms with Gasteiger partial charge in [0.1, 0.15) is 17.8 Å². The van der Waals surface area contributed by atoms with Crippen molar-refractivity contribution in [3.05, 3.63) is 90.0 Å². The van der Waals surface area contributed by atoms with E-state index in [2.05, 4.69) is 32.1 Å². The van der Waals surface area contributed by atoms with Crippen molar-refractivity contribution in [1.29, 1.82) is 0 Å². The number of Topliss-reactive ketones (excluding diaryl/α,β-unsaturated/α-hetero) is 1. The van der Waals surface area contributed by atoms with E-state index < -0.39 is 6.04 Å². The molecule has 0 aliphatic carbocycles. The molecule has 0 amide bonds. The zero-order chi connectivity index (χ0) is 20.1. The van der Waals surface area contributed by atoms with Crippen LogP contribution in [0.4, 0.5) is 0 Å². The van der Waals surface area contributed by atoms with Gasteiger partial charge in [0.15, 0.2) is 17.7 Å². The van der Waals surface area contributed by atoms with Gasteiger partial charge in [0.05, 0.1) is 18.4 Å². The largest absolute Gasteiger partial charge is 0.496 e. The fourth-order valence-electron chi connectivity index (χ4n) is 3.28. The maximum atomic E-state index is 13.3. The number of ketones is 1. The number of hydrogen-bond acceptors (Lipinski definition) is 6. The number of carbonyl (C=O) groups excluding carboxylic acids is 1. The molecular weight excluding hydrogens is 364 g/mol. The first-order valence-electron chi connectivity index (χ1n) is 9.39. The Bertz CT molecular complexity index is 1060. The molecule has 1 aromatic heterocycles. The van der Waals surface area contributed by atoms with Gasteiger partial charge < -0.3 is 4.74 Å². The molecule has 4 rings (SSSR count). The average molecular weight is 384 g/mol. The lowest BCUT2D eigenvalue weighted by atomic mass is 9.96. The Morgan fingerprint density at radius 2 is 1.79 bits per heavy atom. The number of benzene rings is 2. The maximum absolute atomic E-state index is 13.3. The summed E-state index contributed by atoms with van der Waals surface area (Å²) in [5, 5.41) is 0. The summed E-state index contributed by atoms with van der Waals surface area (Å²) in [6.07, 6.45) is 4.50. The van der Waals surface area contributed by atoms with Crippen LogP contribution >= 0.6 is 0 Å². The molecule has 1 atom stereocenters. The molecule has 0 fully saturated rings. The molecule has 1 aliphatic rings. The van der Waals surface area contributed by atoms with E-state index in [0.717, 1.165) is 12.1 Å². The highest BCUT2D eigenvalue weighted by Gasteiger charge is 2.32. The van der Waals surface area contributed by atoms with Gasteiger partial charge >= 0.3 is 0 Å². The van der Waals surface area contributed by atoms with Gasteiger partial charge in [-0.25, -0.2) is 20.0 Å². The van der Waals surface area contributed by atoms with Gasteiger partial charge in [-0.1, -0.05) is 42.5 Å². The quantitative estimate of drug-likeness (QED) is 0.584. The van der Waals surface area contributed by atoms with Gasteiger partial charge in [-0.2, -0.15) is 0 Å². The minimum Gasteiger partial charge on any atom is -0.496 e. The second kappa shape index (κ2) is 8.56. The van der Waals surface area contributed by atoms with Crippen LogP contribution in [0.1, 0.15) is 28.0 Å². The fourth-order valence-corrected chi connectivity index (χ4v) is 3.28. The highest BCUT2D eigenvalue weighted by Crippen LogP contribution is 2.24. The van der Waals surface area contributed by atoms with E-state index in [0.29, 0.717) is 29.3 Å². The molecule has 144 valence electrons. The summed E-state index contributed by atoms with van der Waals surface area (Å²) < 4.78 is 5.37. The van der Waals surface area contributed by atoms with Crippen molar-refractivity contribution in [3.8, 4) is 5.75 Å². The number of amidine groups is 1. The number of aliphatic imine (C=N–C) groups is 2. The summed E-state index contributed by atoms with van der Waals surface area (Å²) in [6, 6.07) is 18.4. The van der Waals surface area contributed by atoms with Crippen LogP contribution in [0.15, 0.2) is 83.2 Å². The van der Waals surface area contributed by atoms with E-state index in [9.17, 15) is 4.79 Å². The van der Waals surface area contributed by atoms with Gasteiger partial charge in [-0.3, -0.25) is 4.79 Å². The zero-order valence-electron chi connectivity index (χ0n) is 16.0. The molecule has 29 heavy (non-hydrogen) atoms. The number of aromatic nitrogens is 2. The lowest BCUT2D eigenvalue weighted by Gasteiger charge is -2.12. The number of carbonyl (C=O) groups is 1. The lowest BCUT2D eigenvalue weighted by molar-refractivity contribution is 0.0982. The molecule has 1 unspecified atom stereocenters. The second-order valence-corrected chi connectivity index (χ2v) is 6.60. The van der Waals surface area contributed by atoms with Crippen LogP contribution in [-0.4, -0.2) is 40.5 Å². The average Bonchev–Trinajstić information content (AvgIpc) is 3.23. The normalized spacial score (nSPS) is 15.6. The molecule has 0 N–H and O–H groups in total. The number of hydrogen-bond donors (Lipinski definition) is 0. The minimum absolute atomic E-state index is 0.127. The van der Waals surface area contributed by atoms with Crippen molar-refractivity contribution in [2.75, 3.05) is 7.11 Å². The van der Waals surface area contributed by atoms with Crippen molar-refractivity contribution in [2.24, 2.45) is 9.98 Å². The third-order valence-electron chi connectivity index (χ3n) is 4.76. The van der Waals surface area contributed by atoms with Crippen molar-refractivity contribution in [1.82, 2.24) is 9.97 Å². The zero-order valence-corrected chi connectivity index (χ0v) is 16.0. The third kappa shape index (κ3) is 4.11. The Hall–Kier alpha value is -3.67. The number of aryl methyl sites for hydroxylation is 1. The van der Waals surface area contributed by atoms with Crippen LogP contribution in [0.5, 0.6) is 5.75 Å². The van der Waals surface area contributed by atoms with Crippen LogP contribution < -0.4 is 4.74 Å². The Morgan fingerprint density at radius 1 is 1.00 bits per heavy atom. The molecule has 6 nitrogen and oxygen atoms in total. The van der Waals surface area contributed by atoms with Gasteiger partial charge in [0.25, 0.3) is 0 Å². The molecule has 0 saturated heterocycles. The smallest absolute Gasteiger partial charge is 0.196 e. The molecule has 1 aliphatic heterocycles. The highest BCUT2D eigenvalue weighted by molar-refractivity contribution is 6.24. The Labute approximate surface area is 169 Å². The summed E-state index contributed by atoms with van der Waals surface area (Å²) in [7, 11) is 1.56. The molecule has 2 heterocycles. The van der Waals surface area contributed by atoms with E-state index in [1.165, 1.54) is 11.9 Å². The van der Waals surface area contributed by atoms with Crippen LogP contribution in [0.25, 0.3) is 0 Å². The topological polar surface area (TPSA) is 76.8 Å². The highest BCUT2D eigenvalue weighted by atomic mass is 16.5. The summed E-state index contributed by atoms with van der Waals surface area (Å²) in [5.41, 5.74) is 3.03. The fraction of sp³-hybridized carbons (Fsp3) is 0.174. The van der Waals surface area contributed by atoms with E-state index >= 15 is 0 Å². The first-order valence-corrected chi connectivity index (χ1v) is 9.39. The first kappa shape index (κ1) is 18.7. The van der Waals surface area contributed by atoms with Gasteiger partial charge in [0, 0.05) is 6.20 Å². The summed E-state index contributed by atoms with van der Waals surface area (Å²) in [6.45, 7) is 0. The molecule has 0 radical (unpaired) electrons. The van der Waals surface area contributed by atoms with E-state index in [1.807, 2.05) is 30.3 Å². The number of para-hydroxylation sites is 1. The number of rotatable bonds is 7. The number of methoxy groups -OCH3 is 1. The van der Waals surface area contributed by atoms with Gasteiger partial charge in [0.2, 0.25) is 0 Å². The number of nitrogens with zero attached hydrogens (tertiary/aromatic N) is 4. The third-order valence-corrected chi connectivity index (χ3v) is 4.76. The Morgan fingerprint density at radius 3 is 2.55 bits per heavy atom. The second-order valence-electron chi connectivity index (χ2n) is 6.60. The predicted molar refractivity (Wildman–Crippen MR) is 112 cm³/mol. The molecule has 6 heteroatoms. The number of ether oxygens (including phenoxy) is 1. The van der Waals surface area contributed by atoms with Crippen molar-refractivity contribution >= 4 is 17.3 Å². The van der Waals surface area contributed by atoms with Crippen molar-refractivity contribution in [3.63, 3.8) is 0 Å². The molecule has 0 saturated carbocycles. The van der Waals surface area contributed by atoms with E-state index in [4.69, 9.17) is 4.74 Å². The molecule has 0 spiro atoms. The minimum atomic E-state index is -0.681. The van der Waals surface area contributed by atoms with Crippen molar-refractivity contribution < 1.29 is 9.53 Å². The standard InChI is InChI=1S/C23H20N4O2/c1-29-20-10-6-5-9-17(20)22(28)21-18(12-11-16-7-3-2-4-8-16)26-23(27-21)19-13-14-24-15-25-19/h2-10,13-15,21H,11-12H2,1H3. The molecule has 2 aromatic carbocycles.